The van der Waals surface area contributed by atoms with Gasteiger partial charge < -0.3 is 14.6 Å². The molecule has 0 aliphatic carbocycles. The smallest absolute Gasteiger partial charge is 0.119 e. The van der Waals surface area contributed by atoms with Crippen LogP contribution in [-0.4, -0.2) is 30.5 Å². The molecule has 1 fully saturated rings. The number of aliphatic hydroxyl groups is 1. The van der Waals surface area contributed by atoms with Gasteiger partial charge in [-0.1, -0.05) is 28.9 Å². The first-order valence-corrected chi connectivity index (χ1v) is 9.91. The van der Waals surface area contributed by atoms with Gasteiger partial charge in [-0.15, -0.1) is 11.3 Å². The topological polar surface area (TPSA) is 68.1 Å². The molecule has 7 heteroatoms. The van der Waals surface area contributed by atoms with Crippen LogP contribution < -0.4 is 4.74 Å². The minimum absolute atomic E-state index is 0.0612. The van der Waals surface area contributed by atoms with Crippen molar-refractivity contribution in [3.63, 3.8) is 0 Å². The van der Waals surface area contributed by atoms with Gasteiger partial charge in [-0.3, -0.25) is 0 Å². The molecule has 26 heavy (non-hydrogen) atoms. The van der Waals surface area contributed by atoms with Crippen LogP contribution in [0.3, 0.4) is 0 Å². The van der Waals surface area contributed by atoms with Crippen molar-refractivity contribution in [3.05, 3.63) is 55.6 Å². The van der Waals surface area contributed by atoms with Crippen molar-refractivity contribution in [2.24, 2.45) is 5.18 Å². The summed E-state index contributed by atoms with van der Waals surface area (Å²) in [5.41, 5.74) is 2.18. The van der Waals surface area contributed by atoms with E-state index in [-0.39, 0.29) is 18.8 Å². The zero-order chi connectivity index (χ0) is 18.5. The highest BCUT2D eigenvalue weighted by atomic mass is 35.5. The number of rotatable bonds is 7. The van der Waals surface area contributed by atoms with Gasteiger partial charge in [0.15, 0.2) is 0 Å². The van der Waals surface area contributed by atoms with Gasteiger partial charge in [0.1, 0.15) is 12.3 Å². The molecule has 1 aromatic carbocycles. The normalized spacial score (nSPS) is 23.0. The molecule has 0 bridgehead atoms. The van der Waals surface area contributed by atoms with Crippen LogP contribution in [0, 0.1) is 4.91 Å². The van der Waals surface area contributed by atoms with E-state index in [2.05, 4.69) is 5.18 Å². The maximum absolute atomic E-state index is 10.5. The Hall–Kier alpha value is -1.47. The van der Waals surface area contributed by atoms with E-state index >= 15 is 0 Å². The molecule has 3 atom stereocenters. The number of thiophene rings is 1. The second-order valence-corrected chi connectivity index (χ2v) is 8.07. The third-order valence-corrected chi connectivity index (χ3v) is 5.91. The molecule has 2 aromatic rings. The molecule has 1 saturated heterocycles. The van der Waals surface area contributed by atoms with Crippen LogP contribution in [0.15, 0.2) is 35.5 Å². The van der Waals surface area contributed by atoms with E-state index in [1.54, 1.807) is 0 Å². The maximum Gasteiger partial charge on any atom is 0.119 e. The molecule has 140 valence electrons. The first-order valence-electron chi connectivity index (χ1n) is 8.71. The lowest BCUT2D eigenvalue weighted by Crippen LogP contribution is -2.32. The zero-order valence-electron chi connectivity index (χ0n) is 14.6. The highest BCUT2D eigenvalue weighted by Gasteiger charge is 2.31. The fourth-order valence-electron chi connectivity index (χ4n) is 3.17. The average molecular weight is 396 g/mol. The number of aliphatic hydroxyl groups excluding tert-OH is 1. The van der Waals surface area contributed by atoms with Crippen LogP contribution in [0.1, 0.15) is 41.9 Å². The number of ether oxygens (including phenoxy) is 2. The van der Waals surface area contributed by atoms with Crippen molar-refractivity contribution in [1.29, 1.82) is 0 Å². The summed E-state index contributed by atoms with van der Waals surface area (Å²) in [4.78, 5) is 11.5. The number of benzene rings is 1. The number of hydrogen-bond donors (Lipinski definition) is 1. The summed E-state index contributed by atoms with van der Waals surface area (Å²) >= 11 is 7.91. The monoisotopic (exact) mass is 395 g/mol. The molecule has 1 aliphatic heterocycles. The lowest BCUT2D eigenvalue weighted by atomic mass is 9.99. The molecule has 0 saturated carbocycles. The van der Waals surface area contributed by atoms with Crippen LogP contribution in [0.4, 0.5) is 0 Å². The second-order valence-electron chi connectivity index (χ2n) is 6.39. The average Bonchev–Trinajstić information content (AvgIpc) is 2.97. The Balaban J connectivity index is 1.71. The minimum atomic E-state index is -0.490. The summed E-state index contributed by atoms with van der Waals surface area (Å²) in [6.45, 7) is 2.67. The first-order chi connectivity index (χ1) is 12.6. The van der Waals surface area contributed by atoms with E-state index in [0.717, 1.165) is 32.5 Å². The molecule has 0 amide bonds. The molecule has 2 heterocycles. The lowest BCUT2D eigenvalue weighted by molar-refractivity contribution is -0.0916. The Morgan fingerprint density at radius 3 is 2.81 bits per heavy atom. The van der Waals surface area contributed by atoms with Crippen LogP contribution in [0.25, 0.3) is 0 Å². The highest BCUT2D eigenvalue weighted by molar-refractivity contribution is 7.16. The van der Waals surface area contributed by atoms with Gasteiger partial charge in [0, 0.05) is 17.7 Å². The molecule has 1 aromatic heterocycles. The number of nitrogens with zero attached hydrogens (tertiary/aromatic N) is 1. The molecule has 3 rings (SSSR count). The number of halogens is 1. The maximum atomic E-state index is 10.5. The fourth-order valence-corrected chi connectivity index (χ4v) is 4.51. The molecule has 1 N–H and O–H groups in total. The Morgan fingerprint density at radius 1 is 1.35 bits per heavy atom. The molecule has 0 radical (unpaired) electrons. The van der Waals surface area contributed by atoms with Gasteiger partial charge in [0.2, 0.25) is 0 Å². The van der Waals surface area contributed by atoms with Crippen LogP contribution in [0.2, 0.25) is 4.34 Å². The Labute approximate surface area is 161 Å². The Morgan fingerprint density at radius 2 is 2.12 bits per heavy atom. The quantitative estimate of drug-likeness (QED) is 0.687. The van der Waals surface area contributed by atoms with Gasteiger partial charge >= 0.3 is 0 Å². The molecular formula is C19H22ClNO4S. The van der Waals surface area contributed by atoms with Crippen molar-refractivity contribution in [2.75, 3.05) is 13.2 Å². The molecular weight excluding hydrogens is 374 g/mol. The highest BCUT2D eigenvalue weighted by Crippen LogP contribution is 2.39. The summed E-state index contributed by atoms with van der Waals surface area (Å²) in [7, 11) is 0. The predicted molar refractivity (Wildman–Crippen MR) is 103 cm³/mol. The molecule has 5 nitrogen and oxygen atoms in total. The number of nitroso groups, excluding NO2 is 1. The van der Waals surface area contributed by atoms with Gasteiger partial charge in [0.05, 0.1) is 29.3 Å². The van der Waals surface area contributed by atoms with Gasteiger partial charge in [0.25, 0.3) is 0 Å². The molecule has 3 unspecified atom stereocenters. The van der Waals surface area contributed by atoms with Crippen molar-refractivity contribution in [1.82, 2.24) is 0 Å². The Kier molecular flexibility index (Phi) is 6.64. The van der Waals surface area contributed by atoms with E-state index in [1.807, 2.05) is 37.3 Å². The molecule has 0 spiro atoms. The molecule has 1 aliphatic rings. The van der Waals surface area contributed by atoms with E-state index in [1.165, 1.54) is 11.3 Å². The lowest BCUT2D eigenvalue weighted by Gasteiger charge is -2.31. The first kappa shape index (κ1) is 19.3. The van der Waals surface area contributed by atoms with Crippen molar-refractivity contribution in [3.8, 4) is 5.75 Å². The van der Waals surface area contributed by atoms with Crippen LogP contribution in [0.5, 0.6) is 5.75 Å². The summed E-state index contributed by atoms with van der Waals surface area (Å²) in [5.74, 6) is 0.854. The Bertz CT molecular complexity index is 734. The third kappa shape index (κ3) is 4.82. The largest absolute Gasteiger partial charge is 0.494 e. The van der Waals surface area contributed by atoms with Crippen LogP contribution in [-0.2, 0) is 11.2 Å². The van der Waals surface area contributed by atoms with Gasteiger partial charge in [-0.05, 0) is 42.7 Å². The minimum Gasteiger partial charge on any atom is -0.494 e. The third-order valence-electron chi connectivity index (χ3n) is 4.38. The zero-order valence-corrected chi connectivity index (χ0v) is 16.1. The summed E-state index contributed by atoms with van der Waals surface area (Å²) < 4.78 is 12.1. The van der Waals surface area contributed by atoms with E-state index < -0.39 is 6.10 Å². The predicted octanol–water partition coefficient (Wildman–Crippen LogP) is 4.74. The summed E-state index contributed by atoms with van der Waals surface area (Å²) in [6, 6.07) is 10.0. The number of hydrogen-bond acceptors (Lipinski definition) is 6. The summed E-state index contributed by atoms with van der Waals surface area (Å²) in [6.07, 6.45) is 0.598. The van der Waals surface area contributed by atoms with Crippen molar-refractivity contribution < 1.29 is 14.6 Å². The van der Waals surface area contributed by atoms with Crippen LogP contribution >= 0.6 is 22.9 Å². The summed E-state index contributed by atoms with van der Waals surface area (Å²) in [5, 5.41) is 13.0. The van der Waals surface area contributed by atoms with Crippen molar-refractivity contribution in [2.45, 2.75) is 44.5 Å². The van der Waals surface area contributed by atoms with E-state index in [4.69, 9.17) is 21.1 Å². The van der Waals surface area contributed by atoms with E-state index in [0.29, 0.717) is 19.4 Å². The SMILES string of the molecule is CCOc1ccc(Cc2cc(C3CC(O)CC(CN=O)O3)sc2Cl)cc1. The van der Waals surface area contributed by atoms with E-state index in [9.17, 15) is 10.0 Å². The van der Waals surface area contributed by atoms with Gasteiger partial charge in [-0.25, -0.2) is 0 Å². The fraction of sp³-hybridized carbons (Fsp3) is 0.474. The van der Waals surface area contributed by atoms with Crippen molar-refractivity contribution >= 4 is 22.9 Å². The van der Waals surface area contributed by atoms with Gasteiger partial charge in [-0.2, -0.15) is 4.91 Å². The second kappa shape index (κ2) is 8.95. The standard InChI is InChI=1S/C19H22ClNO4S/c1-2-24-15-5-3-12(4-6-15)7-13-8-18(26-19(13)20)17-10-14(22)9-16(25-17)11-21-23/h3-6,8,14,16-17,22H,2,7,9-11H2,1H3.